The molecule has 1 aliphatic heterocycles. The maximum atomic E-state index is 13.1. The lowest BCUT2D eigenvalue weighted by Gasteiger charge is -2.35. The van der Waals surface area contributed by atoms with Gasteiger partial charge in [-0.3, -0.25) is 4.79 Å². The zero-order chi connectivity index (χ0) is 19.6. The largest absolute Gasteiger partial charge is 0.339 e. The van der Waals surface area contributed by atoms with Crippen LogP contribution in [-0.4, -0.2) is 27.5 Å². The molecule has 0 N–H and O–H groups in total. The van der Waals surface area contributed by atoms with Crippen LogP contribution in [0.3, 0.4) is 0 Å². The molecule has 0 spiro atoms. The van der Waals surface area contributed by atoms with Crippen LogP contribution in [0.4, 0.5) is 0 Å². The van der Waals surface area contributed by atoms with Gasteiger partial charge in [0, 0.05) is 29.1 Å². The highest BCUT2D eigenvalue weighted by atomic mass is 32.1. The minimum Gasteiger partial charge on any atom is -0.339 e. The minimum absolute atomic E-state index is 0.0475. The van der Waals surface area contributed by atoms with E-state index in [0.717, 1.165) is 17.8 Å². The van der Waals surface area contributed by atoms with Crippen molar-refractivity contribution in [1.82, 2.24) is 15.0 Å². The lowest BCUT2D eigenvalue weighted by atomic mass is 9.98. The molecule has 0 aromatic carbocycles. The number of fused-ring (bicyclic) bond motifs is 1. The van der Waals surface area contributed by atoms with Gasteiger partial charge in [0.1, 0.15) is 0 Å². The van der Waals surface area contributed by atoms with E-state index >= 15 is 0 Å². The fourth-order valence-electron chi connectivity index (χ4n) is 3.74. The van der Waals surface area contributed by atoms with Crippen LogP contribution in [0.15, 0.2) is 51.0 Å². The zero-order valence-electron chi connectivity index (χ0n) is 15.6. The fraction of sp³-hybridized carbons (Fsp3) is 0.286. The number of aromatic nitrogens is 2. The molecular formula is C21H19N3O2S3. The second-order valence-electron chi connectivity index (χ2n) is 6.90. The van der Waals surface area contributed by atoms with E-state index in [2.05, 4.69) is 39.1 Å². The summed E-state index contributed by atoms with van der Waals surface area (Å²) in [6, 6.07) is 10.4. The van der Waals surface area contributed by atoms with Gasteiger partial charge in [-0.1, -0.05) is 17.3 Å². The Morgan fingerprint density at radius 1 is 1.14 bits per heavy atom. The Bertz CT molecular complexity index is 1080. The van der Waals surface area contributed by atoms with Gasteiger partial charge in [-0.05, 0) is 52.7 Å². The van der Waals surface area contributed by atoms with E-state index in [1.54, 1.807) is 34.0 Å². The maximum Gasteiger partial charge on any atom is 0.226 e. The normalized spacial score (nSPS) is 16.1. The van der Waals surface area contributed by atoms with E-state index in [9.17, 15) is 4.79 Å². The summed E-state index contributed by atoms with van der Waals surface area (Å²) in [6.45, 7) is 0.776. The highest BCUT2D eigenvalue weighted by Gasteiger charge is 2.33. The van der Waals surface area contributed by atoms with Crippen LogP contribution in [-0.2, 0) is 17.6 Å². The van der Waals surface area contributed by atoms with Gasteiger partial charge >= 0.3 is 0 Å². The highest BCUT2D eigenvalue weighted by molar-refractivity contribution is 7.13. The molecule has 0 aliphatic carbocycles. The van der Waals surface area contributed by atoms with E-state index < -0.39 is 0 Å². The van der Waals surface area contributed by atoms with Crippen LogP contribution in [0.25, 0.3) is 10.7 Å². The van der Waals surface area contributed by atoms with Crippen molar-refractivity contribution in [2.45, 2.75) is 31.7 Å². The molecule has 4 aromatic rings. The number of amides is 1. The van der Waals surface area contributed by atoms with E-state index in [4.69, 9.17) is 4.52 Å². The molecule has 0 bridgehead atoms. The molecule has 1 aliphatic rings. The average Bonchev–Trinajstić information content (AvgIpc) is 3.54. The van der Waals surface area contributed by atoms with Gasteiger partial charge in [0.2, 0.25) is 17.6 Å². The minimum atomic E-state index is 0.0475. The van der Waals surface area contributed by atoms with Crippen molar-refractivity contribution in [2.24, 2.45) is 0 Å². The molecule has 1 unspecified atom stereocenters. The summed E-state index contributed by atoms with van der Waals surface area (Å²) in [5.41, 5.74) is 1.29. The molecule has 0 fully saturated rings. The number of carbonyl (C=O) groups is 1. The summed E-state index contributed by atoms with van der Waals surface area (Å²) in [6.07, 6.45) is 2.74. The van der Waals surface area contributed by atoms with E-state index in [1.807, 2.05) is 22.4 Å². The van der Waals surface area contributed by atoms with E-state index in [1.165, 1.54) is 15.3 Å². The Balaban J connectivity index is 1.25. The van der Waals surface area contributed by atoms with Crippen molar-refractivity contribution in [3.8, 4) is 10.7 Å². The maximum absolute atomic E-state index is 13.1. The van der Waals surface area contributed by atoms with Gasteiger partial charge in [-0.25, -0.2) is 0 Å². The molecule has 0 radical (unpaired) electrons. The van der Waals surface area contributed by atoms with Gasteiger partial charge < -0.3 is 9.42 Å². The first-order chi connectivity index (χ1) is 14.3. The predicted molar refractivity (Wildman–Crippen MR) is 116 cm³/mol. The van der Waals surface area contributed by atoms with Crippen molar-refractivity contribution in [1.29, 1.82) is 0 Å². The highest BCUT2D eigenvalue weighted by Crippen LogP contribution is 2.39. The molecule has 1 atom stereocenters. The summed E-state index contributed by atoms with van der Waals surface area (Å²) >= 11 is 5.10. The summed E-state index contributed by atoms with van der Waals surface area (Å²) < 4.78 is 5.36. The Kier molecular flexibility index (Phi) is 5.30. The third-order valence-electron chi connectivity index (χ3n) is 5.09. The van der Waals surface area contributed by atoms with Gasteiger partial charge in [-0.15, -0.1) is 34.0 Å². The topological polar surface area (TPSA) is 59.2 Å². The number of rotatable bonds is 6. The molecule has 5 heterocycles. The molecule has 29 heavy (non-hydrogen) atoms. The summed E-state index contributed by atoms with van der Waals surface area (Å²) in [4.78, 5) is 23.2. The van der Waals surface area contributed by atoms with Crippen molar-refractivity contribution < 1.29 is 9.32 Å². The molecule has 1 amide bonds. The van der Waals surface area contributed by atoms with Crippen LogP contribution < -0.4 is 0 Å². The van der Waals surface area contributed by atoms with Crippen molar-refractivity contribution >= 4 is 39.9 Å². The first kappa shape index (κ1) is 18.7. The van der Waals surface area contributed by atoms with Crippen LogP contribution in [0.1, 0.15) is 40.1 Å². The number of aryl methyl sites for hydroxylation is 1. The lowest BCUT2D eigenvalue weighted by molar-refractivity contribution is -0.133. The molecule has 5 rings (SSSR count). The number of nitrogens with zero attached hydrogens (tertiary/aromatic N) is 3. The first-order valence-corrected chi connectivity index (χ1v) is 12.2. The van der Waals surface area contributed by atoms with E-state index in [-0.39, 0.29) is 11.9 Å². The number of carbonyl (C=O) groups excluding carboxylic acids is 1. The Hall–Kier alpha value is -2.29. The SMILES string of the molecule is O=C(CCCc1nc(-c2cccs2)no1)N1CCc2sccc2C1c1cccs1. The molecule has 5 nitrogen and oxygen atoms in total. The number of hydrogen-bond donors (Lipinski definition) is 0. The third-order valence-corrected chi connectivity index (χ3v) is 7.88. The summed E-state index contributed by atoms with van der Waals surface area (Å²) in [7, 11) is 0. The Morgan fingerprint density at radius 3 is 2.86 bits per heavy atom. The second-order valence-corrected chi connectivity index (χ2v) is 9.82. The van der Waals surface area contributed by atoms with E-state index in [0.29, 0.717) is 31.0 Å². The van der Waals surface area contributed by atoms with Crippen LogP contribution in [0, 0.1) is 0 Å². The summed E-state index contributed by atoms with van der Waals surface area (Å²) in [5, 5.41) is 10.3. The van der Waals surface area contributed by atoms with Gasteiger partial charge in [0.25, 0.3) is 0 Å². The standard InChI is InChI=1S/C21H19N3O2S3/c25-19(7-1-6-18-22-21(23-26-18)17-5-3-12-28-17)24-10-8-15-14(9-13-29-15)20(24)16-4-2-11-27-16/h2-5,9,11-13,20H,1,6-8,10H2. The van der Waals surface area contributed by atoms with Crippen LogP contribution in [0.2, 0.25) is 0 Å². The molecular weight excluding hydrogens is 422 g/mol. The van der Waals surface area contributed by atoms with Crippen molar-refractivity contribution in [2.75, 3.05) is 6.54 Å². The Labute approximate surface area is 180 Å². The van der Waals surface area contributed by atoms with Crippen LogP contribution >= 0.6 is 34.0 Å². The van der Waals surface area contributed by atoms with Crippen molar-refractivity contribution in [3.05, 3.63) is 67.7 Å². The first-order valence-electron chi connectivity index (χ1n) is 9.55. The second kappa shape index (κ2) is 8.22. The van der Waals surface area contributed by atoms with Gasteiger partial charge in [-0.2, -0.15) is 4.98 Å². The Morgan fingerprint density at radius 2 is 2.03 bits per heavy atom. The molecule has 4 aromatic heterocycles. The van der Waals surface area contributed by atoms with Gasteiger partial charge in [0.05, 0.1) is 10.9 Å². The fourth-order valence-corrected chi connectivity index (χ4v) is 6.14. The number of hydrogen-bond acceptors (Lipinski definition) is 7. The molecule has 0 saturated heterocycles. The molecule has 148 valence electrons. The van der Waals surface area contributed by atoms with Gasteiger partial charge in [0.15, 0.2) is 0 Å². The lowest BCUT2D eigenvalue weighted by Crippen LogP contribution is -2.39. The molecule has 0 saturated carbocycles. The molecule has 8 heteroatoms. The average molecular weight is 442 g/mol. The van der Waals surface area contributed by atoms with Crippen LogP contribution in [0.5, 0.6) is 0 Å². The zero-order valence-corrected chi connectivity index (χ0v) is 18.1. The predicted octanol–water partition coefficient (Wildman–Crippen LogP) is 5.42. The smallest absolute Gasteiger partial charge is 0.226 e. The number of thiophene rings is 3. The summed E-state index contributed by atoms with van der Waals surface area (Å²) in [5.74, 6) is 1.41. The quantitative estimate of drug-likeness (QED) is 0.401. The monoisotopic (exact) mass is 441 g/mol. The third kappa shape index (κ3) is 3.80. The van der Waals surface area contributed by atoms with Crippen molar-refractivity contribution in [3.63, 3.8) is 0 Å².